The number of sulfone groups is 1. The van der Waals surface area contributed by atoms with Gasteiger partial charge in [0.05, 0.1) is 21.9 Å². The van der Waals surface area contributed by atoms with Crippen molar-refractivity contribution in [2.24, 2.45) is 0 Å². The van der Waals surface area contributed by atoms with Crippen molar-refractivity contribution in [1.82, 2.24) is 15.0 Å². The van der Waals surface area contributed by atoms with Crippen molar-refractivity contribution >= 4 is 21.0 Å². The van der Waals surface area contributed by atoms with Crippen LogP contribution in [-0.4, -0.2) is 47.9 Å². The number of fused-ring (bicyclic) bond motifs is 1. The smallest absolute Gasteiger partial charge is 0.181 e. The van der Waals surface area contributed by atoms with E-state index >= 15 is 0 Å². The largest absolute Gasteiger partial charge is 0.381 e. The Morgan fingerprint density at radius 1 is 1.03 bits per heavy atom. The molecule has 0 amide bonds. The van der Waals surface area contributed by atoms with Crippen molar-refractivity contribution in [1.29, 1.82) is 0 Å². The normalized spacial score (nSPS) is 19.4. The highest BCUT2D eigenvalue weighted by molar-refractivity contribution is 7.92. The van der Waals surface area contributed by atoms with Crippen LogP contribution in [0.4, 0.5) is 0 Å². The molecule has 2 fully saturated rings. The average molecular weight is 413 g/mol. The van der Waals surface area contributed by atoms with Gasteiger partial charge in [0.15, 0.2) is 15.5 Å². The quantitative estimate of drug-likeness (QED) is 0.667. The Kier molecular flexibility index (Phi) is 4.85. The van der Waals surface area contributed by atoms with Crippen molar-refractivity contribution in [2.45, 2.75) is 48.0 Å². The molecule has 1 N–H and O–H groups in total. The van der Waals surface area contributed by atoms with E-state index in [1.165, 1.54) is 0 Å². The zero-order chi connectivity index (χ0) is 19.8. The molecule has 2 aromatic heterocycles. The van der Waals surface area contributed by atoms with E-state index in [0.29, 0.717) is 23.8 Å². The van der Waals surface area contributed by atoms with Gasteiger partial charge in [-0.2, -0.15) is 0 Å². The fourth-order valence-corrected chi connectivity index (χ4v) is 5.41. The maximum absolute atomic E-state index is 12.5. The molecule has 8 heteroatoms. The number of hydrogen-bond acceptors (Lipinski definition) is 6. The van der Waals surface area contributed by atoms with E-state index in [2.05, 4.69) is 15.0 Å². The molecule has 1 saturated carbocycles. The van der Waals surface area contributed by atoms with Gasteiger partial charge in [0.1, 0.15) is 11.6 Å². The Bertz CT molecular complexity index is 1070. The first-order valence-electron chi connectivity index (χ1n) is 9.98. The monoisotopic (exact) mass is 413 g/mol. The molecular formula is C21H23N3O4S. The lowest BCUT2D eigenvalue weighted by Gasteiger charge is -2.27. The van der Waals surface area contributed by atoms with Crippen LogP contribution >= 0.6 is 0 Å². The highest BCUT2D eigenvalue weighted by Crippen LogP contribution is 2.35. The van der Waals surface area contributed by atoms with Gasteiger partial charge in [0.25, 0.3) is 0 Å². The van der Waals surface area contributed by atoms with Gasteiger partial charge in [-0.15, -0.1) is 0 Å². The number of nitrogens with zero attached hydrogens (tertiary/aromatic N) is 2. The minimum atomic E-state index is -3.21. The fourth-order valence-electron chi connectivity index (χ4n) is 3.75. The summed E-state index contributed by atoms with van der Waals surface area (Å²) in [5, 5.41) is -0.214. The summed E-state index contributed by atoms with van der Waals surface area (Å²) in [4.78, 5) is 12.4. The predicted octanol–water partition coefficient (Wildman–Crippen LogP) is 3.18. The second kappa shape index (κ2) is 7.51. The molecule has 152 valence electrons. The number of ether oxygens (including phenoxy) is 2. The van der Waals surface area contributed by atoms with Crippen molar-refractivity contribution in [2.75, 3.05) is 13.2 Å². The van der Waals surface area contributed by atoms with Crippen LogP contribution in [-0.2, 0) is 19.3 Å². The van der Waals surface area contributed by atoms with Gasteiger partial charge >= 0.3 is 0 Å². The first-order valence-corrected chi connectivity index (χ1v) is 11.5. The fraction of sp³-hybridized carbons (Fsp3) is 0.429. The number of hydrogen-bond donors (Lipinski definition) is 1. The Hall–Kier alpha value is -2.29. The Balaban J connectivity index is 1.48. The first kappa shape index (κ1) is 18.7. The molecule has 0 radical (unpaired) electrons. The number of benzene rings is 1. The summed E-state index contributed by atoms with van der Waals surface area (Å²) < 4.78 is 36.9. The van der Waals surface area contributed by atoms with Gasteiger partial charge in [-0.05, 0) is 49.4 Å². The van der Waals surface area contributed by atoms with Gasteiger partial charge in [-0.25, -0.2) is 13.4 Å². The van der Waals surface area contributed by atoms with Crippen LogP contribution in [0.5, 0.6) is 0 Å². The van der Waals surface area contributed by atoms with Crippen molar-refractivity contribution < 1.29 is 17.9 Å². The lowest BCUT2D eigenvalue weighted by molar-refractivity contribution is -0.0577. The minimum absolute atomic E-state index is 0.0796. The van der Waals surface area contributed by atoms with E-state index in [1.807, 2.05) is 18.2 Å². The molecule has 3 aromatic rings. The Morgan fingerprint density at radius 2 is 1.76 bits per heavy atom. The summed E-state index contributed by atoms with van der Waals surface area (Å²) in [6.45, 7) is 1.37. The third-order valence-corrected chi connectivity index (χ3v) is 7.81. The summed E-state index contributed by atoms with van der Waals surface area (Å²) in [6.07, 6.45) is 6.22. The molecule has 1 unspecified atom stereocenters. The topological polar surface area (TPSA) is 94.2 Å². The van der Waals surface area contributed by atoms with E-state index in [-0.39, 0.29) is 17.5 Å². The van der Waals surface area contributed by atoms with E-state index in [4.69, 9.17) is 9.47 Å². The maximum Gasteiger partial charge on any atom is 0.181 e. The van der Waals surface area contributed by atoms with Crippen LogP contribution < -0.4 is 0 Å². The van der Waals surface area contributed by atoms with Crippen molar-refractivity contribution in [3.63, 3.8) is 0 Å². The van der Waals surface area contributed by atoms with Crippen LogP contribution in [0.3, 0.4) is 0 Å². The first-order chi connectivity index (χ1) is 14.1. The highest BCUT2D eigenvalue weighted by Gasteiger charge is 2.37. The zero-order valence-corrected chi connectivity index (χ0v) is 16.8. The van der Waals surface area contributed by atoms with E-state index in [0.717, 1.165) is 42.5 Å². The van der Waals surface area contributed by atoms with Gasteiger partial charge in [-0.1, -0.05) is 12.1 Å². The summed E-state index contributed by atoms with van der Waals surface area (Å²) >= 11 is 0. The zero-order valence-electron chi connectivity index (χ0n) is 16.0. The van der Waals surface area contributed by atoms with Crippen LogP contribution in [0.2, 0.25) is 0 Å². The molecule has 0 spiro atoms. The summed E-state index contributed by atoms with van der Waals surface area (Å²) in [5.74, 6) is 0. The maximum atomic E-state index is 12.5. The van der Waals surface area contributed by atoms with Gasteiger partial charge < -0.3 is 14.5 Å². The van der Waals surface area contributed by atoms with Crippen LogP contribution in [0.25, 0.3) is 11.2 Å². The number of H-pyrrole nitrogens is 1. The second-order valence-electron chi connectivity index (χ2n) is 7.66. The number of rotatable bonds is 6. The number of aromatic nitrogens is 3. The molecule has 1 aliphatic carbocycles. The molecule has 1 aromatic carbocycles. The molecule has 7 nitrogen and oxygen atoms in total. The molecule has 29 heavy (non-hydrogen) atoms. The molecule has 2 aliphatic rings. The summed E-state index contributed by atoms with van der Waals surface area (Å²) in [6, 6.07) is 9.05. The summed E-state index contributed by atoms with van der Waals surface area (Å²) in [5.41, 5.74) is 3.24. The lowest BCUT2D eigenvalue weighted by Crippen LogP contribution is -2.25. The van der Waals surface area contributed by atoms with Gasteiger partial charge in [0, 0.05) is 25.6 Å². The molecule has 1 saturated heterocycles. The molecular weight excluding hydrogens is 390 g/mol. The third-order valence-electron chi connectivity index (χ3n) is 5.54. The van der Waals surface area contributed by atoms with Gasteiger partial charge in [-0.3, -0.25) is 4.98 Å². The third kappa shape index (κ3) is 3.80. The van der Waals surface area contributed by atoms with Crippen LogP contribution in [0.15, 0.2) is 47.6 Å². The van der Waals surface area contributed by atoms with E-state index < -0.39 is 9.84 Å². The van der Waals surface area contributed by atoms with E-state index in [1.54, 1.807) is 24.5 Å². The SMILES string of the molecule is O=S(=O)(c1ccc(C(OC2CCOCC2)c2cc3nccnc3[nH]2)cc1)C1CC1. The predicted molar refractivity (Wildman–Crippen MR) is 107 cm³/mol. The minimum Gasteiger partial charge on any atom is -0.381 e. The van der Waals surface area contributed by atoms with Crippen molar-refractivity contribution in [3.8, 4) is 0 Å². The van der Waals surface area contributed by atoms with E-state index in [9.17, 15) is 8.42 Å². The molecule has 0 bridgehead atoms. The Morgan fingerprint density at radius 3 is 2.45 bits per heavy atom. The lowest BCUT2D eigenvalue weighted by atomic mass is 10.1. The average Bonchev–Trinajstić information content (AvgIpc) is 3.53. The molecule has 3 heterocycles. The second-order valence-corrected chi connectivity index (χ2v) is 9.88. The molecule has 5 rings (SSSR count). The molecule has 1 aliphatic heterocycles. The van der Waals surface area contributed by atoms with Gasteiger partial charge in [0.2, 0.25) is 0 Å². The number of nitrogens with one attached hydrogen (secondary N) is 1. The molecule has 1 atom stereocenters. The van der Waals surface area contributed by atoms with Crippen molar-refractivity contribution in [3.05, 3.63) is 54.0 Å². The highest BCUT2D eigenvalue weighted by atomic mass is 32.2. The summed E-state index contributed by atoms with van der Waals surface area (Å²) in [7, 11) is -3.21. The van der Waals surface area contributed by atoms with Crippen LogP contribution in [0, 0.1) is 0 Å². The Labute approximate surface area is 169 Å². The number of aromatic amines is 1. The van der Waals surface area contributed by atoms with Crippen LogP contribution in [0.1, 0.15) is 43.0 Å². The standard InChI is InChI=1S/C21H23N3O4S/c25-29(26,17-5-6-17)16-3-1-14(2-4-16)20(28-15-7-11-27-12-8-15)18-13-19-21(24-18)23-10-9-22-19/h1-4,9-10,13,15,17,20H,5-8,11-12H2,(H,23,24).